The molecule has 0 aliphatic carbocycles. The Balaban J connectivity index is 1.96. The SMILES string of the molecule is CC(NC(=O)C(NC(=O)C(N)Cc1c[nH]c2ccccc12)C(C)C)C(=O)NC(CCCCN)C(=O)O. The molecule has 0 saturated heterocycles. The molecular weight excluding hydrogens is 464 g/mol. The van der Waals surface area contributed by atoms with Crippen LogP contribution in [-0.2, 0) is 25.6 Å². The Kier molecular flexibility index (Phi) is 10.9. The van der Waals surface area contributed by atoms with Gasteiger partial charge in [0.05, 0.1) is 6.04 Å². The van der Waals surface area contributed by atoms with Gasteiger partial charge in [-0.15, -0.1) is 0 Å². The number of carboxylic acid groups (broad SMARTS) is 1. The van der Waals surface area contributed by atoms with E-state index in [9.17, 15) is 24.3 Å². The Morgan fingerprint density at radius 1 is 0.972 bits per heavy atom. The highest BCUT2D eigenvalue weighted by Gasteiger charge is 2.30. The fourth-order valence-electron chi connectivity index (χ4n) is 3.84. The third-order valence-electron chi connectivity index (χ3n) is 6.01. The maximum atomic E-state index is 12.9. The van der Waals surface area contributed by atoms with E-state index in [0.29, 0.717) is 19.4 Å². The van der Waals surface area contributed by atoms with Crippen LogP contribution in [0.4, 0.5) is 0 Å². The van der Waals surface area contributed by atoms with Crippen LogP contribution in [0.3, 0.4) is 0 Å². The van der Waals surface area contributed by atoms with Crippen molar-refractivity contribution in [3.8, 4) is 0 Å². The highest BCUT2D eigenvalue weighted by molar-refractivity contribution is 5.94. The summed E-state index contributed by atoms with van der Waals surface area (Å²) in [5.74, 6) is -3.12. The third-order valence-corrected chi connectivity index (χ3v) is 6.01. The molecule has 0 bridgehead atoms. The normalized spacial score (nSPS) is 14.6. The molecule has 0 aliphatic heterocycles. The maximum Gasteiger partial charge on any atom is 0.326 e. The van der Waals surface area contributed by atoms with Gasteiger partial charge in [-0.25, -0.2) is 4.79 Å². The maximum absolute atomic E-state index is 12.9. The second kappa shape index (κ2) is 13.6. The molecule has 1 aromatic carbocycles. The summed E-state index contributed by atoms with van der Waals surface area (Å²) in [6.45, 7) is 5.41. The molecule has 0 saturated carbocycles. The predicted molar refractivity (Wildman–Crippen MR) is 137 cm³/mol. The van der Waals surface area contributed by atoms with Crippen LogP contribution in [0, 0.1) is 5.92 Å². The first-order chi connectivity index (χ1) is 17.0. The van der Waals surface area contributed by atoms with E-state index in [4.69, 9.17) is 11.5 Å². The number of hydrogen-bond donors (Lipinski definition) is 7. The Morgan fingerprint density at radius 3 is 2.31 bits per heavy atom. The van der Waals surface area contributed by atoms with Crippen LogP contribution in [0.5, 0.6) is 0 Å². The third kappa shape index (κ3) is 8.06. The van der Waals surface area contributed by atoms with E-state index in [1.165, 1.54) is 6.92 Å². The van der Waals surface area contributed by atoms with Crippen LogP contribution in [0.1, 0.15) is 45.6 Å². The number of unbranched alkanes of at least 4 members (excludes halogenated alkanes) is 1. The van der Waals surface area contributed by atoms with Crippen LogP contribution in [0.2, 0.25) is 0 Å². The lowest BCUT2D eigenvalue weighted by molar-refractivity contribution is -0.142. The van der Waals surface area contributed by atoms with Crippen molar-refractivity contribution in [3.05, 3.63) is 36.0 Å². The van der Waals surface area contributed by atoms with Gasteiger partial charge in [0.15, 0.2) is 0 Å². The standard InChI is InChI=1S/C25H38N6O5/c1-14(2)21(24(34)29-15(3)22(32)30-20(25(35)36)10-6-7-11-26)31-23(33)18(27)12-16-13-28-19-9-5-4-8-17(16)19/h4-5,8-9,13-15,18,20-21,28H,6-7,10-12,26-27H2,1-3H3,(H,29,34)(H,30,32)(H,31,33)(H,35,36). The average molecular weight is 503 g/mol. The first-order valence-electron chi connectivity index (χ1n) is 12.2. The molecule has 4 atom stereocenters. The van der Waals surface area contributed by atoms with Gasteiger partial charge in [-0.05, 0) is 56.7 Å². The summed E-state index contributed by atoms with van der Waals surface area (Å²) in [7, 11) is 0. The molecule has 0 fully saturated rings. The summed E-state index contributed by atoms with van der Waals surface area (Å²) < 4.78 is 0. The zero-order valence-electron chi connectivity index (χ0n) is 21.0. The molecule has 9 N–H and O–H groups in total. The van der Waals surface area contributed by atoms with Crippen molar-refractivity contribution in [2.45, 2.75) is 70.6 Å². The number of nitrogens with two attached hydrogens (primary N) is 2. The van der Waals surface area contributed by atoms with Gasteiger partial charge in [0.1, 0.15) is 18.1 Å². The number of aromatic nitrogens is 1. The van der Waals surface area contributed by atoms with Crippen molar-refractivity contribution in [2.24, 2.45) is 17.4 Å². The molecule has 36 heavy (non-hydrogen) atoms. The Hall–Kier alpha value is -3.44. The van der Waals surface area contributed by atoms with Gasteiger partial charge < -0.3 is 37.5 Å². The van der Waals surface area contributed by atoms with E-state index in [1.807, 2.05) is 30.5 Å². The summed E-state index contributed by atoms with van der Waals surface area (Å²) in [5.41, 5.74) is 13.4. The predicted octanol–water partition coefficient (Wildman–Crippen LogP) is 0.382. The lowest BCUT2D eigenvalue weighted by atomic mass is 10.0. The minimum atomic E-state index is -1.16. The number of amides is 3. The zero-order valence-corrected chi connectivity index (χ0v) is 21.0. The molecule has 2 rings (SSSR count). The number of benzene rings is 1. The quantitative estimate of drug-likeness (QED) is 0.181. The molecule has 1 aromatic heterocycles. The summed E-state index contributed by atoms with van der Waals surface area (Å²) in [6.07, 6.45) is 3.52. The first-order valence-corrected chi connectivity index (χ1v) is 12.2. The number of aliphatic carboxylic acids is 1. The average Bonchev–Trinajstić information content (AvgIpc) is 3.23. The molecule has 0 radical (unpaired) electrons. The van der Waals surface area contributed by atoms with Crippen molar-refractivity contribution >= 4 is 34.6 Å². The monoisotopic (exact) mass is 502 g/mol. The van der Waals surface area contributed by atoms with E-state index < -0.39 is 47.9 Å². The number of carboxylic acids is 1. The first kappa shape index (κ1) is 28.8. The highest BCUT2D eigenvalue weighted by Crippen LogP contribution is 2.19. The van der Waals surface area contributed by atoms with Crippen molar-refractivity contribution in [1.82, 2.24) is 20.9 Å². The van der Waals surface area contributed by atoms with Crippen molar-refractivity contribution in [1.29, 1.82) is 0 Å². The number of carbonyl (C=O) groups is 4. The number of para-hydroxylation sites is 1. The van der Waals surface area contributed by atoms with Gasteiger partial charge in [-0.3, -0.25) is 14.4 Å². The zero-order chi connectivity index (χ0) is 26.8. The van der Waals surface area contributed by atoms with Gasteiger partial charge in [0.2, 0.25) is 17.7 Å². The second-order valence-corrected chi connectivity index (χ2v) is 9.31. The molecule has 1 heterocycles. The molecule has 11 nitrogen and oxygen atoms in total. The number of nitrogens with one attached hydrogen (secondary N) is 4. The smallest absolute Gasteiger partial charge is 0.326 e. The Bertz CT molecular complexity index is 1050. The van der Waals surface area contributed by atoms with Crippen LogP contribution >= 0.6 is 0 Å². The number of H-pyrrole nitrogens is 1. The van der Waals surface area contributed by atoms with E-state index >= 15 is 0 Å². The lowest BCUT2D eigenvalue weighted by Crippen LogP contribution is -2.57. The minimum Gasteiger partial charge on any atom is -0.480 e. The summed E-state index contributed by atoms with van der Waals surface area (Å²) in [6, 6.07) is 3.78. The van der Waals surface area contributed by atoms with Crippen LogP contribution in [0.25, 0.3) is 10.9 Å². The number of fused-ring (bicyclic) bond motifs is 1. The molecule has 2 aromatic rings. The van der Waals surface area contributed by atoms with Gasteiger partial charge in [-0.2, -0.15) is 0 Å². The number of aromatic amines is 1. The van der Waals surface area contributed by atoms with Crippen LogP contribution in [0.15, 0.2) is 30.5 Å². The van der Waals surface area contributed by atoms with Gasteiger partial charge >= 0.3 is 5.97 Å². The fourth-order valence-corrected chi connectivity index (χ4v) is 3.84. The Morgan fingerprint density at radius 2 is 1.67 bits per heavy atom. The molecule has 4 unspecified atom stereocenters. The molecular formula is C25H38N6O5. The number of carbonyl (C=O) groups excluding carboxylic acids is 3. The van der Waals surface area contributed by atoms with Crippen molar-refractivity contribution < 1.29 is 24.3 Å². The Labute approximate surface area is 210 Å². The minimum absolute atomic E-state index is 0.234. The van der Waals surface area contributed by atoms with Gasteiger partial charge in [-0.1, -0.05) is 32.0 Å². The molecule has 3 amide bonds. The molecule has 11 heteroatoms. The van der Waals surface area contributed by atoms with Crippen molar-refractivity contribution in [3.63, 3.8) is 0 Å². The van der Waals surface area contributed by atoms with E-state index in [2.05, 4.69) is 20.9 Å². The van der Waals surface area contributed by atoms with Crippen LogP contribution in [-0.4, -0.2) is 64.5 Å². The van der Waals surface area contributed by atoms with E-state index in [1.54, 1.807) is 13.8 Å². The summed E-state index contributed by atoms with van der Waals surface area (Å²) in [5, 5.41) is 18.0. The second-order valence-electron chi connectivity index (χ2n) is 9.31. The van der Waals surface area contributed by atoms with Crippen LogP contribution < -0.4 is 27.4 Å². The topological polar surface area (TPSA) is 192 Å². The lowest BCUT2D eigenvalue weighted by Gasteiger charge is -2.25. The van der Waals surface area contributed by atoms with E-state index in [-0.39, 0.29) is 18.8 Å². The fraction of sp³-hybridized carbons (Fsp3) is 0.520. The summed E-state index contributed by atoms with van der Waals surface area (Å²) in [4.78, 5) is 52.8. The number of hydrogen-bond acceptors (Lipinski definition) is 6. The summed E-state index contributed by atoms with van der Waals surface area (Å²) >= 11 is 0. The van der Waals surface area contributed by atoms with Gasteiger partial charge in [0.25, 0.3) is 0 Å². The molecule has 0 spiro atoms. The van der Waals surface area contributed by atoms with Gasteiger partial charge in [0, 0.05) is 17.1 Å². The number of rotatable bonds is 14. The molecule has 198 valence electrons. The van der Waals surface area contributed by atoms with Crippen molar-refractivity contribution in [2.75, 3.05) is 6.54 Å². The highest BCUT2D eigenvalue weighted by atomic mass is 16.4. The largest absolute Gasteiger partial charge is 0.480 e. The molecule has 0 aliphatic rings. The van der Waals surface area contributed by atoms with E-state index in [0.717, 1.165) is 16.5 Å².